The molecule has 262 valence electrons. The highest BCUT2D eigenvalue weighted by Gasteiger charge is 2.56. The van der Waals surface area contributed by atoms with Crippen LogP contribution in [0, 0.1) is 0 Å². The molecule has 0 spiro atoms. The quantitative estimate of drug-likeness (QED) is 0.0678. The lowest BCUT2D eigenvalue weighted by Crippen LogP contribution is -2.15. The Morgan fingerprint density at radius 2 is 0.773 bits per heavy atom. The first-order valence-corrected chi connectivity index (χ1v) is 19.6. The molecule has 2 heterocycles. The molecule has 0 unspecified atom stereocenters. The molecule has 0 saturated carbocycles. The molecule has 0 aliphatic carbocycles. The first kappa shape index (κ1) is 41.0. The molecule has 0 bridgehead atoms. The van der Waals surface area contributed by atoms with E-state index < -0.39 is 40.7 Å². The van der Waals surface area contributed by atoms with Crippen LogP contribution in [-0.2, 0) is 81.6 Å². The molecule has 21 nitrogen and oxygen atoms in total. The summed E-state index contributed by atoms with van der Waals surface area (Å²) in [6, 6.07) is 0. The number of aliphatic hydroxyl groups excluding tert-OH is 3. The first-order valence-electron chi connectivity index (χ1n) is 13.1. The second-order valence-electron chi connectivity index (χ2n) is 7.62. The summed E-state index contributed by atoms with van der Waals surface area (Å²) in [7, 11) is -17.6. The van der Waals surface area contributed by atoms with Crippen molar-refractivity contribution in [3.05, 3.63) is 0 Å². The molecule has 0 radical (unpaired) electrons. The molecule has 2 fully saturated rings. The minimum Gasteiger partial charge on any atom is -0.394 e. The fraction of sp³-hybridized carbons (Fsp3) is 1.00. The van der Waals surface area contributed by atoms with Crippen LogP contribution in [-0.4, -0.2) is 134 Å². The van der Waals surface area contributed by atoms with Crippen molar-refractivity contribution in [2.45, 2.75) is 0 Å². The molecule has 0 amide bonds. The van der Waals surface area contributed by atoms with E-state index in [1.165, 1.54) is 0 Å². The smallest absolute Gasteiger partial charge is 0.394 e. The van der Waals surface area contributed by atoms with Crippen LogP contribution in [0.3, 0.4) is 0 Å². The first-order chi connectivity index (χ1) is 21.3. The number of rotatable bonds is 31. The molecule has 2 aliphatic rings. The summed E-state index contributed by atoms with van der Waals surface area (Å²) in [5.74, 6) is 0. The van der Waals surface area contributed by atoms with Gasteiger partial charge in [-0.15, -0.1) is 0 Å². The van der Waals surface area contributed by atoms with Gasteiger partial charge in [-0.25, -0.2) is 39.6 Å². The van der Waals surface area contributed by atoms with Crippen LogP contribution in [0.25, 0.3) is 0 Å². The maximum absolute atomic E-state index is 13.2. The van der Waals surface area contributed by atoms with Gasteiger partial charge in [-0.1, -0.05) is 0 Å². The van der Waals surface area contributed by atoms with E-state index in [0.29, 0.717) is 0 Å². The van der Waals surface area contributed by atoms with Crippen LogP contribution in [0.5, 0.6) is 0 Å². The van der Waals surface area contributed by atoms with E-state index in [0.717, 1.165) is 0 Å². The standard InChI is InChI=1S/C18H39O21P5/c19-1-4-25-7-10-28-13-16-31-42(22)34-40(35-42)38-44(24,33-18-15-30-12-9-27-6-3-21)39-41-36-43(23,37-41)32-17-14-29-11-8-26-5-2-20/h19-21H,1-18H2. The largest absolute Gasteiger partial charge is 0.488 e. The summed E-state index contributed by atoms with van der Waals surface area (Å²) in [6.07, 6.45) is 0. The topological polar surface area (TPSA) is 250 Å². The van der Waals surface area contributed by atoms with Gasteiger partial charge in [0.1, 0.15) is 0 Å². The lowest BCUT2D eigenvalue weighted by Gasteiger charge is -2.35. The molecular formula is C18H39O21P5. The number of aliphatic hydroxyl groups is 3. The summed E-state index contributed by atoms with van der Waals surface area (Å²) in [5.41, 5.74) is 0. The number of phosphoric acid groups is 3. The molecule has 2 rings (SSSR count). The van der Waals surface area contributed by atoms with Crippen molar-refractivity contribution in [2.75, 3.05) is 119 Å². The summed E-state index contributed by atoms with van der Waals surface area (Å²) >= 11 is 0. The fourth-order valence-corrected chi connectivity index (χ4v) is 10.5. The molecule has 3 N–H and O–H groups in total. The third-order valence-electron chi connectivity index (χ3n) is 4.25. The molecule has 0 aromatic rings. The van der Waals surface area contributed by atoms with E-state index in [9.17, 15) is 13.7 Å². The van der Waals surface area contributed by atoms with E-state index in [-0.39, 0.29) is 119 Å². The van der Waals surface area contributed by atoms with E-state index >= 15 is 0 Å². The van der Waals surface area contributed by atoms with Crippen LogP contribution in [0.4, 0.5) is 0 Å². The average Bonchev–Trinajstić information content (AvgIpc) is 2.95. The van der Waals surface area contributed by atoms with Crippen molar-refractivity contribution in [2.24, 2.45) is 0 Å². The highest BCUT2D eigenvalue weighted by molar-refractivity contribution is 7.78. The Hall–Kier alpha value is 0.830. The monoisotopic (exact) mass is 746 g/mol. The van der Waals surface area contributed by atoms with Gasteiger partial charge in [0, 0.05) is 0 Å². The highest BCUT2D eigenvalue weighted by Crippen LogP contribution is 2.86. The van der Waals surface area contributed by atoms with Crippen molar-refractivity contribution >= 4 is 40.7 Å². The number of hydrogen-bond donors (Lipinski definition) is 3. The molecule has 26 heteroatoms. The van der Waals surface area contributed by atoms with Gasteiger partial charge in [-0.2, -0.15) is 0 Å². The zero-order valence-electron chi connectivity index (χ0n) is 23.7. The maximum atomic E-state index is 13.2. The number of hydrogen-bond acceptors (Lipinski definition) is 21. The van der Waals surface area contributed by atoms with Gasteiger partial charge in [0.05, 0.1) is 119 Å². The Balaban J connectivity index is 1.71. The minimum absolute atomic E-state index is 0.0278. The van der Waals surface area contributed by atoms with Crippen LogP contribution in [0.2, 0.25) is 0 Å². The molecule has 0 aromatic carbocycles. The second kappa shape index (κ2) is 24.0. The van der Waals surface area contributed by atoms with Crippen molar-refractivity contribution in [3.8, 4) is 0 Å². The van der Waals surface area contributed by atoms with Gasteiger partial charge < -0.3 is 43.7 Å². The molecule has 0 aromatic heterocycles. The molecule has 0 atom stereocenters. The van der Waals surface area contributed by atoms with E-state index in [1.54, 1.807) is 0 Å². The van der Waals surface area contributed by atoms with E-state index in [1.807, 2.05) is 0 Å². The van der Waals surface area contributed by atoms with Crippen molar-refractivity contribution in [1.29, 1.82) is 0 Å². The highest BCUT2D eigenvalue weighted by atomic mass is 31.4. The predicted octanol–water partition coefficient (Wildman–Crippen LogP) is 2.02. The Morgan fingerprint density at radius 3 is 1.11 bits per heavy atom. The zero-order chi connectivity index (χ0) is 32.0. The molecule has 44 heavy (non-hydrogen) atoms. The van der Waals surface area contributed by atoms with Gasteiger partial charge >= 0.3 is 40.7 Å². The summed E-state index contributed by atoms with van der Waals surface area (Å²) < 4.78 is 114. The van der Waals surface area contributed by atoms with Gasteiger partial charge in [-0.05, 0) is 0 Å². The van der Waals surface area contributed by atoms with Crippen molar-refractivity contribution < 1.29 is 96.9 Å². The van der Waals surface area contributed by atoms with E-state index in [4.69, 9.17) is 83.2 Å². The van der Waals surface area contributed by atoms with Gasteiger partial charge in [0.25, 0.3) is 0 Å². The molecule has 2 aliphatic heterocycles. The Kier molecular flexibility index (Phi) is 22.4. The second-order valence-corrected chi connectivity index (χ2v) is 15.9. The van der Waals surface area contributed by atoms with Crippen LogP contribution in [0.1, 0.15) is 0 Å². The van der Waals surface area contributed by atoms with Gasteiger partial charge in [0.2, 0.25) is 0 Å². The third-order valence-corrected chi connectivity index (χ3v) is 13.8. The predicted molar refractivity (Wildman–Crippen MR) is 147 cm³/mol. The zero-order valence-corrected chi connectivity index (χ0v) is 28.1. The fourth-order valence-electron chi connectivity index (χ4n) is 2.50. The lowest BCUT2D eigenvalue weighted by atomic mass is 10.7. The van der Waals surface area contributed by atoms with Gasteiger partial charge in [0.15, 0.2) is 0 Å². The molecule has 2 saturated heterocycles. The van der Waals surface area contributed by atoms with Crippen LogP contribution >= 0.6 is 40.7 Å². The van der Waals surface area contributed by atoms with Gasteiger partial charge in [-0.3, -0.25) is 13.6 Å². The van der Waals surface area contributed by atoms with Crippen LogP contribution < -0.4 is 0 Å². The Labute approximate surface area is 256 Å². The van der Waals surface area contributed by atoms with E-state index in [2.05, 4.69) is 0 Å². The SMILES string of the molecule is O=P1(OCCOCCOCCO)OP(OP(=O)(OCCOCCOCCO)OP2OP(=O)(OCCOCCOCCO)O2)O1. The lowest BCUT2D eigenvalue weighted by molar-refractivity contribution is 0.0184. The molecular weight excluding hydrogens is 707 g/mol. The average molecular weight is 746 g/mol. The third kappa shape index (κ3) is 18.4. The summed E-state index contributed by atoms with van der Waals surface area (Å²) in [6.45, 7) is 0.702. The Bertz CT molecular complexity index is 810. The Morgan fingerprint density at radius 1 is 0.477 bits per heavy atom. The normalized spacial score (nSPS) is 26.2. The van der Waals surface area contributed by atoms with Crippen molar-refractivity contribution in [1.82, 2.24) is 0 Å². The summed E-state index contributed by atoms with van der Waals surface area (Å²) in [4.78, 5) is 0. The maximum Gasteiger partial charge on any atom is 0.488 e. The van der Waals surface area contributed by atoms with Crippen molar-refractivity contribution in [3.63, 3.8) is 0 Å². The number of ether oxygens (including phenoxy) is 6. The van der Waals surface area contributed by atoms with Crippen LogP contribution in [0.15, 0.2) is 0 Å². The summed E-state index contributed by atoms with van der Waals surface area (Å²) in [5, 5.41) is 25.9. The minimum atomic E-state index is -4.59.